The van der Waals surface area contributed by atoms with Crippen LogP contribution < -0.4 is 15.4 Å². The number of carbonyl (C=O) groups is 2. The fourth-order valence-electron chi connectivity index (χ4n) is 4.01. The van der Waals surface area contributed by atoms with E-state index in [1.54, 1.807) is 30.6 Å². The molecule has 1 fully saturated rings. The van der Waals surface area contributed by atoms with Crippen molar-refractivity contribution < 1.29 is 14.3 Å². The summed E-state index contributed by atoms with van der Waals surface area (Å²) < 4.78 is 5.63. The van der Waals surface area contributed by atoms with Crippen LogP contribution in [0.25, 0.3) is 0 Å². The summed E-state index contributed by atoms with van der Waals surface area (Å²) in [5, 5.41) is 5.78. The first kappa shape index (κ1) is 22.3. The number of carbonyl (C=O) groups excluding carboxylic acids is 2. The number of nitrogens with one attached hydrogen (secondary N) is 2. The molecular weight excluding hydrogens is 416 g/mol. The highest BCUT2D eigenvalue weighted by molar-refractivity contribution is 5.92. The van der Waals surface area contributed by atoms with Gasteiger partial charge in [-0.15, -0.1) is 0 Å². The van der Waals surface area contributed by atoms with Crippen LogP contribution in [0, 0.1) is 0 Å². The van der Waals surface area contributed by atoms with E-state index in [0.717, 1.165) is 31.2 Å². The van der Waals surface area contributed by atoms with Crippen LogP contribution in [0.4, 0.5) is 16.2 Å². The number of rotatable bonds is 6. The molecule has 1 atom stereocenters. The summed E-state index contributed by atoms with van der Waals surface area (Å²) in [5.41, 5.74) is 2.44. The first-order valence-electron chi connectivity index (χ1n) is 11.2. The summed E-state index contributed by atoms with van der Waals surface area (Å²) >= 11 is 0. The number of ether oxygens (including phenoxy) is 1. The van der Waals surface area contributed by atoms with Gasteiger partial charge in [-0.2, -0.15) is 0 Å². The second kappa shape index (κ2) is 11.1. The molecule has 7 heteroatoms. The highest BCUT2D eigenvalue weighted by Crippen LogP contribution is 2.30. The normalized spacial score (nSPS) is 15.9. The molecule has 0 saturated carbocycles. The molecule has 1 aliphatic heterocycles. The van der Waals surface area contributed by atoms with Gasteiger partial charge in [0, 0.05) is 36.4 Å². The molecule has 1 unspecified atom stereocenters. The molecule has 1 aromatic heterocycles. The lowest BCUT2D eigenvalue weighted by atomic mass is 10.0. The van der Waals surface area contributed by atoms with E-state index in [1.165, 1.54) is 0 Å². The fraction of sp³-hybridized carbons (Fsp3) is 0.269. The SMILES string of the molecule is O=C(COc1cccc(NC(=O)N2CCCCCC2c2ccncc2)c1)Nc1ccccc1. The molecule has 3 amide bonds. The molecule has 1 aliphatic rings. The summed E-state index contributed by atoms with van der Waals surface area (Å²) in [6.07, 6.45) is 7.65. The third-order valence-corrected chi connectivity index (χ3v) is 5.62. The van der Waals surface area contributed by atoms with Crippen molar-refractivity contribution in [2.45, 2.75) is 31.7 Å². The molecule has 0 spiro atoms. The molecule has 4 rings (SSSR count). The molecule has 2 aromatic carbocycles. The summed E-state index contributed by atoms with van der Waals surface area (Å²) in [6, 6.07) is 20.2. The first-order chi connectivity index (χ1) is 16.2. The quantitative estimate of drug-likeness (QED) is 0.544. The molecule has 0 aliphatic carbocycles. The van der Waals surface area contributed by atoms with Crippen LogP contribution in [0.15, 0.2) is 79.1 Å². The van der Waals surface area contributed by atoms with Gasteiger partial charge < -0.3 is 20.3 Å². The van der Waals surface area contributed by atoms with Crippen molar-refractivity contribution in [3.8, 4) is 5.75 Å². The first-order valence-corrected chi connectivity index (χ1v) is 11.2. The van der Waals surface area contributed by atoms with Gasteiger partial charge in [-0.25, -0.2) is 4.79 Å². The molecule has 2 heterocycles. The molecule has 7 nitrogen and oxygen atoms in total. The Kier molecular flexibility index (Phi) is 7.53. The minimum atomic E-state index is -0.250. The average Bonchev–Trinajstić information content (AvgIpc) is 3.11. The number of anilines is 2. The predicted molar refractivity (Wildman–Crippen MR) is 128 cm³/mol. The Morgan fingerprint density at radius 1 is 0.909 bits per heavy atom. The van der Waals surface area contributed by atoms with Gasteiger partial charge in [-0.3, -0.25) is 9.78 Å². The van der Waals surface area contributed by atoms with Crippen molar-refractivity contribution in [3.63, 3.8) is 0 Å². The molecule has 33 heavy (non-hydrogen) atoms. The monoisotopic (exact) mass is 444 g/mol. The molecule has 3 aromatic rings. The topological polar surface area (TPSA) is 83.6 Å². The Bertz CT molecular complexity index is 1060. The van der Waals surface area contributed by atoms with E-state index in [2.05, 4.69) is 15.6 Å². The maximum absolute atomic E-state index is 13.2. The second-order valence-electron chi connectivity index (χ2n) is 8.00. The Balaban J connectivity index is 1.37. The van der Waals surface area contributed by atoms with E-state index < -0.39 is 0 Å². The summed E-state index contributed by atoms with van der Waals surface area (Å²) in [4.78, 5) is 31.3. The van der Waals surface area contributed by atoms with E-state index in [-0.39, 0.29) is 24.6 Å². The highest BCUT2D eigenvalue weighted by Gasteiger charge is 2.26. The number of aromatic nitrogens is 1. The third-order valence-electron chi connectivity index (χ3n) is 5.62. The van der Waals surface area contributed by atoms with Crippen molar-refractivity contribution >= 4 is 23.3 Å². The smallest absolute Gasteiger partial charge is 0.322 e. The number of amides is 3. The number of benzene rings is 2. The Hall–Kier alpha value is -3.87. The van der Waals surface area contributed by atoms with Crippen LogP contribution in [0.2, 0.25) is 0 Å². The standard InChI is InChI=1S/C26H28N4O3/c31-25(28-21-8-3-1-4-9-21)19-33-23-11-7-10-22(18-23)29-26(32)30-17-6-2-5-12-24(30)20-13-15-27-16-14-20/h1,3-4,7-11,13-16,18,24H,2,5-6,12,17,19H2,(H,28,31)(H,29,32). The molecular formula is C26H28N4O3. The van der Waals surface area contributed by atoms with Crippen molar-refractivity contribution in [2.24, 2.45) is 0 Å². The Labute approximate surface area is 193 Å². The van der Waals surface area contributed by atoms with Gasteiger partial charge in [0.1, 0.15) is 5.75 Å². The lowest BCUT2D eigenvalue weighted by Gasteiger charge is -2.30. The molecule has 0 bridgehead atoms. The largest absolute Gasteiger partial charge is 0.484 e. The van der Waals surface area contributed by atoms with Crippen LogP contribution in [-0.2, 0) is 4.79 Å². The Morgan fingerprint density at radius 2 is 1.70 bits per heavy atom. The number of hydrogen-bond acceptors (Lipinski definition) is 4. The third kappa shape index (κ3) is 6.32. The zero-order valence-corrected chi connectivity index (χ0v) is 18.4. The van der Waals surface area contributed by atoms with Gasteiger partial charge in [0.05, 0.1) is 6.04 Å². The number of hydrogen-bond donors (Lipinski definition) is 2. The van der Waals surface area contributed by atoms with Gasteiger partial charge in [0.15, 0.2) is 6.61 Å². The van der Waals surface area contributed by atoms with E-state index in [1.807, 2.05) is 53.4 Å². The summed E-state index contributed by atoms with van der Waals surface area (Å²) in [7, 11) is 0. The number of likely N-dealkylation sites (tertiary alicyclic amines) is 1. The zero-order chi connectivity index (χ0) is 22.9. The van der Waals surface area contributed by atoms with E-state index in [9.17, 15) is 9.59 Å². The molecule has 1 saturated heterocycles. The maximum Gasteiger partial charge on any atom is 0.322 e. The molecule has 0 radical (unpaired) electrons. The van der Waals surface area contributed by atoms with E-state index >= 15 is 0 Å². The number of pyridine rings is 1. The van der Waals surface area contributed by atoms with E-state index in [4.69, 9.17) is 4.74 Å². The van der Waals surface area contributed by atoms with E-state index in [0.29, 0.717) is 23.7 Å². The van der Waals surface area contributed by atoms with Crippen molar-refractivity contribution in [3.05, 3.63) is 84.7 Å². The lowest BCUT2D eigenvalue weighted by molar-refractivity contribution is -0.118. The van der Waals surface area contributed by atoms with Gasteiger partial charge in [-0.1, -0.05) is 37.1 Å². The predicted octanol–water partition coefficient (Wildman–Crippen LogP) is 5.25. The maximum atomic E-state index is 13.2. The van der Waals surface area contributed by atoms with Crippen LogP contribution >= 0.6 is 0 Å². The fourth-order valence-corrected chi connectivity index (χ4v) is 4.01. The average molecular weight is 445 g/mol. The van der Waals surface area contributed by atoms with Crippen LogP contribution in [0.3, 0.4) is 0 Å². The van der Waals surface area contributed by atoms with Gasteiger partial charge >= 0.3 is 6.03 Å². The summed E-state index contributed by atoms with van der Waals surface area (Å²) in [6.45, 7) is 0.581. The minimum absolute atomic E-state index is 0.0246. The van der Waals surface area contributed by atoms with Crippen molar-refractivity contribution in [2.75, 3.05) is 23.8 Å². The second-order valence-corrected chi connectivity index (χ2v) is 8.00. The minimum Gasteiger partial charge on any atom is -0.484 e. The van der Waals surface area contributed by atoms with Crippen LogP contribution in [-0.4, -0.2) is 35.0 Å². The van der Waals surface area contributed by atoms with Gasteiger partial charge in [-0.05, 0) is 54.8 Å². The van der Waals surface area contributed by atoms with Gasteiger partial charge in [0.25, 0.3) is 5.91 Å². The van der Waals surface area contributed by atoms with Crippen LogP contribution in [0.1, 0.15) is 37.3 Å². The number of urea groups is 1. The zero-order valence-electron chi connectivity index (χ0n) is 18.4. The lowest BCUT2D eigenvalue weighted by Crippen LogP contribution is -2.38. The molecule has 170 valence electrons. The van der Waals surface area contributed by atoms with Crippen molar-refractivity contribution in [1.29, 1.82) is 0 Å². The van der Waals surface area contributed by atoms with Crippen LogP contribution in [0.5, 0.6) is 5.75 Å². The van der Waals surface area contributed by atoms with Gasteiger partial charge in [0.2, 0.25) is 0 Å². The number of para-hydroxylation sites is 1. The highest BCUT2D eigenvalue weighted by atomic mass is 16.5. The van der Waals surface area contributed by atoms with Crippen molar-refractivity contribution in [1.82, 2.24) is 9.88 Å². The number of nitrogens with zero attached hydrogens (tertiary/aromatic N) is 2. The summed E-state index contributed by atoms with van der Waals surface area (Å²) in [5.74, 6) is 0.262. The molecule has 2 N–H and O–H groups in total. The Morgan fingerprint density at radius 3 is 2.52 bits per heavy atom.